The zero-order chi connectivity index (χ0) is 27.8. The van der Waals surface area contributed by atoms with Gasteiger partial charge in [0.15, 0.2) is 0 Å². The van der Waals surface area contributed by atoms with E-state index in [0.29, 0.717) is 54.9 Å². The number of rotatable bonds is 13. The Morgan fingerprint density at radius 1 is 0.947 bits per heavy atom. The summed E-state index contributed by atoms with van der Waals surface area (Å²) in [5.74, 6) is -0.109. The number of nitrogens with one attached hydrogen (secondary N) is 1. The summed E-state index contributed by atoms with van der Waals surface area (Å²) in [7, 11) is 0. The number of thiophene rings is 2. The van der Waals surface area contributed by atoms with Crippen molar-refractivity contribution in [2.24, 2.45) is 4.99 Å². The monoisotopic (exact) mass is 564 g/mol. The van der Waals surface area contributed by atoms with Crippen LogP contribution in [0.4, 0.5) is 5.00 Å². The number of carbonyl (C=O) groups excluding carboxylic acids is 1. The van der Waals surface area contributed by atoms with E-state index in [-0.39, 0.29) is 17.6 Å². The molecule has 38 heavy (non-hydrogen) atoms. The third kappa shape index (κ3) is 9.43. The van der Waals surface area contributed by atoms with E-state index in [1.54, 1.807) is 10.6 Å². The van der Waals surface area contributed by atoms with Gasteiger partial charge in [-0.1, -0.05) is 34.6 Å². The van der Waals surface area contributed by atoms with Gasteiger partial charge in [0.2, 0.25) is 0 Å². The third-order valence-electron chi connectivity index (χ3n) is 4.91. The Bertz CT molecular complexity index is 1190. The van der Waals surface area contributed by atoms with Gasteiger partial charge in [0.1, 0.15) is 9.83 Å². The summed E-state index contributed by atoms with van der Waals surface area (Å²) in [4.78, 5) is 33.8. The van der Waals surface area contributed by atoms with Crippen LogP contribution in [0.2, 0.25) is 0 Å². The molecule has 3 rings (SSSR count). The molecule has 0 aromatic carbocycles. The lowest BCUT2D eigenvalue weighted by atomic mass is 10.3. The normalized spacial score (nSPS) is 10.4. The molecule has 11 heteroatoms. The maximum absolute atomic E-state index is 12.2. The molecule has 0 bridgehead atoms. The number of fused-ring (bicyclic) bond motifs is 1. The van der Waals surface area contributed by atoms with Crippen molar-refractivity contribution in [2.75, 3.05) is 26.4 Å². The molecule has 0 atom stereocenters. The molecule has 0 unspecified atom stereocenters. The van der Waals surface area contributed by atoms with E-state index < -0.39 is 0 Å². The Labute approximate surface area is 232 Å². The Morgan fingerprint density at radius 2 is 1.63 bits per heavy atom. The third-order valence-corrected chi connectivity index (χ3v) is 6.52. The molecule has 3 aromatic heterocycles. The van der Waals surface area contributed by atoms with Crippen LogP contribution in [0.3, 0.4) is 0 Å². The van der Waals surface area contributed by atoms with Crippen LogP contribution >= 0.6 is 22.7 Å². The minimum Gasteiger partial charge on any atom is -0.465 e. The molecule has 0 spiro atoms. The fraction of sp³-hybridized carbons (Fsp3) is 0.556. The fourth-order valence-corrected chi connectivity index (χ4v) is 4.61. The van der Waals surface area contributed by atoms with E-state index in [2.05, 4.69) is 15.3 Å². The standard InChI is InChI=1S/C15H24N2O3S.C12H16N2O2S/c1-4-8-16-13(18)12-7-11-21-14(12)17-15(19-9-5-2)20-10-6-3;1-3-6-14-11(15)9-5-8-17-10(9)13-12(14)16-7-4-2/h7,11H,4-6,8-10H2,1-3H3,(H,16,18);5,8H,3-4,6-7H2,1-2H3. The first-order valence-electron chi connectivity index (χ1n) is 13.3. The second-order valence-corrected chi connectivity index (χ2v) is 10.1. The highest BCUT2D eigenvalue weighted by molar-refractivity contribution is 7.16. The molecule has 0 saturated heterocycles. The van der Waals surface area contributed by atoms with E-state index in [1.165, 1.54) is 22.7 Å². The van der Waals surface area contributed by atoms with Crippen molar-refractivity contribution >= 4 is 49.9 Å². The predicted molar refractivity (Wildman–Crippen MR) is 156 cm³/mol. The number of hydrogen-bond acceptors (Lipinski definition) is 9. The highest BCUT2D eigenvalue weighted by atomic mass is 32.1. The second-order valence-electron chi connectivity index (χ2n) is 8.31. The lowest BCUT2D eigenvalue weighted by Crippen LogP contribution is -2.23. The minimum absolute atomic E-state index is 0.00389. The van der Waals surface area contributed by atoms with Gasteiger partial charge in [0, 0.05) is 13.1 Å². The van der Waals surface area contributed by atoms with Crippen LogP contribution in [0, 0.1) is 0 Å². The number of carbonyl (C=O) groups is 1. The highest BCUT2D eigenvalue weighted by Gasteiger charge is 2.14. The van der Waals surface area contributed by atoms with Crippen molar-refractivity contribution in [3.8, 4) is 6.01 Å². The molecule has 0 aliphatic carbocycles. The zero-order valence-corrected chi connectivity index (χ0v) is 24.7. The molecule has 3 aromatic rings. The number of hydrogen-bond donors (Lipinski definition) is 1. The maximum atomic E-state index is 12.2. The van der Waals surface area contributed by atoms with Crippen LogP contribution < -0.4 is 15.6 Å². The molecule has 0 saturated carbocycles. The molecule has 1 amide bonds. The number of aliphatic imine (C=N–C) groups is 1. The van der Waals surface area contributed by atoms with Gasteiger partial charge in [-0.3, -0.25) is 14.2 Å². The zero-order valence-electron chi connectivity index (χ0n) is 23.1. The van der Waals surface area contributed by atoms with E-state index in [0.717, 1.165) is 36.9 Å². The number of ether oxygens (including phenoxy) is 3. The quantitative estimate of drug-likeness (QED) is 0.191. The van der Waals surface area contributed by atoms with Crippen molar-refractivity contribution in [3.63, 3.8) is 0 Å². The average molecular weight is 565 g/mol. The number of nitrogens with zero attached hydrogens (tertiary/aromatic N) is 3. The van der Waals surface area contributed by atoms with E-state index in [9.17, 15) is 9.59 Å². The maximum Gasteiger partial charge on any atom is 0.389 e. The van der Waals surface area contributed by atoms with Gasteiger partial charge in [0.25, 0.3) is 11.5 Å². The Hall–Kier alpha value is -2.92. The number of aromatic nitrogens is 2. The van der Waals surface area contributed by atoms with Gasteiger partial charge >= 0.3 is 12.1 Å². The summed E-state index contributed by atoms with van der Waals surface area (Å²) in [6, 6.07) is 4.05. The van der Waals surface area contributed by atoms with Gasteiger partial charge in [-0.05, 0) is 55.0 Å². The molecule has 3 heterocycles. The van der Waals surface area contributed by atoms with Gasteiger partial charge in [0.05, 0.1) is 30.8 Å². The van der Waals surface area contributed by atoms with Crippen molar-refractivity contribution in [1.29, 1.82) is 0 Å². The van der Waals surface area contributed by atoms with Crippen molar-refractivity contribution < 1.29 is 19.0 Å². The first-order valence-corrected chi connectivity index (χ1v) is 15.1. The van der Waals surface area contributed by atoms with Crippen molar-refractivity contribution in [2.45, 2.75) is 73.3 Å². The molecule has 0 aliphatic rings. The Kier molecular flexibility index (Phi) is 14.5. The molecule has 1 N–H and O–H groups in total. The van der Waals surface area contributed by atoms with Gasteiger partial charge in [-0.2, -0.15) is 9.98 Å². The first-order chi connectivity index (χ1) is 18.5. The summed E-state index contributed by atoms with van der Waals surface area (Å²) in [6.07, 6.45) is 4.69. The molecule has 0 aliphatic heterocycles. The Morgan fingerprint density at radius 3 is 2.26 bits per heavy atom. The van der Waals surface area contributed by atoms with Crippen LogP contribution in [0.25, 0.3) is 10.2 Å². The van der Waals surface area contributed by atoms with Gasteiger partial charge in [-0.25, -0.2) is 0 Å². The summed E-state index contributed by atoms with van der Waals surface area (Å²) in [5.41, 5.74) is 0.565. The summed E-state index contributed by atoms with van der Waals surface area (Å²) >= 11 is 2.87. The summed E-state index contributed by atoms with van der Waals surface area (Å²) < 4.78 is 18.2. The average Bonchev–Trinajstić information content (AvgIpc) is 3.59. The van der Waals surface area contributed by atoms with Crippen LogP contribution in [0.1, 0.15) is 77.1 Å². The number of amides is 1. The largest absolute Gasteiger partial charge is 0.465 e. The van der Waals surface area contributed by atoms with E-state index in [4.69, 9.17) is 14.2 Å². The topological polar surface area (TPSA) is 104 Å². The summed E-state index contributed by atoms with van der Waals surface area (Å²) in [5, 5.41) is 7.89. The molecular formula is C27H40N4O5S2. The van der Waals surface area contributed by atoms with E-state index >= 15 is 0 Å². The molecule has 0 fully saturated rings. The predicted octanol–water partition coefficient (Wildman–Crippen LogP) is 6.39. The van der Waals surface area contributed by atoms with Crippen molar-refractivity contribution in [1.82, 2.24) is 14.9 Å². The van der Waals surface area contributed by atoms with Crippen LogP contribution in [0.5, 0.6) is 6.01 Å². The Balaban J connectivity index is 0.000000272. The highest BCUT2D eigenvalue weighted by Crippen LogP contribution is 2.27. The molecule has 210 valence electrons. The smallest absolute Gasteiger partial charge is 0.389 e. The van der Waals surface area contributed by atoms with Crippen LogP contribution in [0.15, 0.2) is 32.7 Å². The SMILES string of the molecule is CCCNC(=O)c1ccsc1N=C(OCCC)OCCC.CCCOc1nc2sccc2c(=O)n1CCC. The summed E-state index contributed by atoms with van der Waals surface area (Å²) in [6.45, 7) is 13.1. The molecular weight excluding hydrogens is 524 g/mol. The molecule has 9 nitrogen and oxygen atoms in total. The van der Waals surface area contributed by atoms with Crippen molar-refractivity contribution in [3.05, 3.63) is 38.8 Å². The first kappa shape index (κ1) is 31.3. The van der Waals surface area contributed by atoms with Crippen LogP contribution in [-0.2, 0) is 16.0 Å². The van der Waals surface area contributed by atoms with E-state index in [1.807, 2.05) is 51.4 Å². The lowest BCUT2D eigenvalue weighted by molar-refractivity contribution is 0.0954. The van der Waals surface area contributed by atoms with Gasteiger partial charge < -0.3 is 19.5 Å². The van der Waals surface area contributed by atoms with Crippen LogP contribution in [-0.4, -0.2) is 47.9 Å². The second kappa shape index (κ2) is 17.6. The van der Waals surface area contributed by atoms with Gasteiger partial charge in [-0.15, -0.1) is 22.7 Å². The fourth-order valence-electron chi connectivity index (χ4n) is 3.12. The minimum atomic E-state index is -0.109. The molecule has 0 radical (unpaired) electrons. The lowest BCUT2D eigenvalue weighted by Gasteiger charge is -2.11.